The van der Waals surface area contributed by atoms with E-state index < -0.39 is 5.97 Å². The molecule has 2 fully saturated rings. The first-order chi connectivity index (χ1) is 13.0. The number of methoxy groups -OCH3 is 1. The van der Waals surface area contributed by atoms with E-state index in [9.17, 15) is 9.18 Å². The van der Waals surface area contributed by atoms with E-state index in [1.54, 1.807) is 12.1 Å². The predicted octanol–water partition coefficient (Wildman–Crippen LogP) is 4.59. The Balaban J connectivity index is 1.60. The molecule has 4 rings (SSSR count). The van der Waals surface area contributed by atoms with E-state index >= 15 is 0 Å². The van der Waals surface area contributed by atoms with Gasteiger partial charge in [0.1, 0.15) is 22.5 Å². The smallest absolute Gasteiger partial charge is 0.358 e. The van der Waals surface area contributed by atoms with Crippen LogP contribution >= 0.6 is 11.6 Å². The molecular weight excluding hydrogens is 369 g/mol. The molecule has 0 saturated heterocycles. The Kier molecular flexibility index (Phi) is 4.60. The Labute approximate surface area is 161 Å². The van der Waals surface area contributed by atoms with Crippen LogP contribution in [0.15, 0.2) is 30.3 Å². The van der Waals surface area contributed by atoms with Gasteiger partial charge in [-0.25, -0.2) is 19.2 Å². The summed E-state index contributed by atoms with van der Waals surface area (Å²) in [5, 5.41) is 3.54. The van der Waals surface area contributed by atoms with Crippen molar-refractivity contribution in [3.8, 4) is 0 Å². The van der Waals surface area contributed by atoms with Crippen molar-refractivity contribution >= 4 is 29.5 Å². The highest BCUT2D eigenvalue weighted by Crippen LogP contribution is 2.44. The largest absolute Gasteiger partial charge is 0.464 e. The minimum atomic E-state index is -0.570. The summed E-state index contributed by atoms with van der Waals surface area (Å²) in [6.45, 7) is 0. The van der Waals surface area contributed by atoms with Gasteiger partial charge in [-0.15, -0.1) is 0 Å². The first-order valence-corrected chi connectivity index (χ1v) is 9.26. The van der Waals surface area contributed by atoms with Gasteiger partial charge in [0.2, 0.25) is 0 Å². The van der Waals surface area contributed by atoms with Gasteiger partial charge < -0.3 is 10.1 Å². The van der Waals surface area contributed by atoms with Crippen LogP contribution in [-0.4, -0.2) is 28.6 Å². The number of hydrogen-bond acceptors (Lipinski definition) is 5. The fraction of sp³-hybridized carbons (Fsp3) is 0.350. The van der Waals surface area contributed by atoms with E-state index in [2.05, 4.69) is 15.3 Å². The summed E-state index contributed by atoms with van der Waals surface area (Å²) >= 11 is 6.39. The zero-order valence-electron chi connectivity index (χ0n) is 14.8. The van der Waals surface area contributed by atoms with Gasteiger partial charge in [0.05, 0.1) is 12.6 Å². The summed E-state index contributed by atoms with van der Waals surface area (Å²) in [7, 11) is 1.30. The summed E-state index contributed by atoms with van der Waals surface area (Å²) < 4.78 is 17.8. The van der Waals surface area contributed by atoms with Crippen molar-refractivity contribution < 1.29 is 13.9 Å². The highest BCUT2D eigenvalue weighted by molar-refractivity contribution is 6.35. The highest BCUT2D eigenvalue weighted by Gasteiger charge is 2.41. The van der Waals surface area contributed by atoms with Gasteiger partial charge in [0.25, 0.3) is 0 Å². The standard InChI is InChI=1S/C20H19ClFN3O2/c1-27-19(26)16-15(21)18(24-17(23-16)13-4-5-13)25-20(10-11-20)9-8-12-2-6-14(22)7-3-12/h2-3,6-9,13H,4-5,10-11H2,1H3,(H,23,24,25). The van der Waals surface area contributed by atoms with E-state index in [4.69, 9.17) is 16.3 Å². The van der Waals surface area contributed by atoms with Crippen molar-refractivity contribution in [3.05, 3.63) is 58.3 Å². The van der Waals surface area contributed by atoms with Crippen LogP contribution in [0.1, 0.15) is 53.5 Å². The summed E-state index contributed by atoms with van der Waals surface area (Å²) in [6, 6.07) is 6.30. The van der Waals surface area contributed by atoms with Crippen LogP contribution in [0.4, 0.5) is 10.2 Å². The molecule has 27 heavy (non-hydrogen) atoms. The van der Waals surface area contributed by atoms with Crippen LogP contribution in [0.5, 0.6) is 0 Å². The Morgan fingerprint density at radius 1 is 1.30 bits per heavy atom. The molecule has 1 N–H and O–H groups in total. The zero-order chi connectivity index (χ0) is 19.0. The lowest BCUT2D eigenvalue weighted by molar-refractivity contribution is 0.0593. The van der Waals surface area contributed by atoms with Gasteiger partial charge >= 0.3 is 5.97 Å². The molecule has 2 saturated carbocycles. The van der Waals surface area contributed by atoms with Gasteiger partial charge in [-0.2, -0.15) is 0 Å². The van der Waals surface area contributed by atoms with Gasteiger partial charge in [-0.1, -0.05) is 35.9 Å². The van der Waals surface area contributed by atoms with Gasteiger partial charge in [0.15, 0.2) is 5.69 Å². The van der Waals surface area contributed by atoms with Crippen LogP contribution < -0.4 is 5.32 Å². The molecule has 2 aliphatic rings. The number of aromatic nitrogens is 2. The normalized spacial score (nSPS) is 17.7. The van der Waals surface area contributed by atoms with Gasteiger partial charge in [-0.05, 0) is 43.4 Å². The van der Waals surface area contributed by atoms with Crippen molar-refractivity contribution in [2.45, 2.75) is 37.1 Å². The average Bonchev–Trinajstić information content (AvgIpc) is 3.58. The molecule has 0 aliphatic heterocycles. The fourth-order valence-corrected chi connectivity index (χ4v) is 3.05. The minimum absolute atomic E-state index is 0.0943. The summed E-state index contributed by atoms with van der Waals surface area (Å²) in [6.07, 6.45) is 7.83. The second-order valence-electron chi connectivity index (χ2n) is 7.02. The Morgan fingerprint density at radius 2 is 2.00 bits per heavy atom. The number of hydrogen-bond donors (Lipinski definition) is 1. The van der Waals surface area contributed by atoms with Crippen molar-refractivity contribution in [2.24, 2.45) is 0 Å². The van der Waals surface area contributed by atoms with E-state index in [0.717, 1.165) is 31.2 Å². The predicted molar refractivity (Wildman–Crippen MR) is 101 cm³/mol. The Morgan fingerprint density at radius 3 is 2.59 bits per heavy atom. The summed E-state index contributed by atoms with van der Waals surface area (Å²) in [4.78, 5) is 20.9. The fourth-order valence-electron chi connectivity index (χ4n) is 2.84. The van der Waals surface area contributed by atoms with Gasteiger partial charge in [0, 0.05) is 5.92 Å². The molecule has 2 aliphatic carbocycles. The number of carbonyl (C=O) groups excluding carboxylic acids is 1. The second kappa shape index (κ2) is 6.93. The van der Waals surface area contributed by atoms with Crippen molar-refractivity contribution in [1.29, 1.82) is 0 Å². The third-order valence-corrected chi connectivity index (χ3v) is 5.17. The molecule has 1 aromatic carbocycles. The highest BCUT2D eigenvalue weighted by atomic mass is 35.5. The monoisotopic (exact) mass is 387 g/mol. The molecule has 0 amide bonds. The lowest BCUT2D eigenvalue weighted by Crippen LogP contribution is -2.21. The average molecular weight is 388 g/mol. The van der Waals surface area contributed by atoms with E-state index in [0.29, 0.717) is 11.6 Å². The molecule has 7 heteroatoms. The maximum absolute atomic E-state index is 13.0. The number of esters is 1. The lowest BCUT2D eigenvalue weighted by atomic mass is 10.1. The first-order valence-electron chi connectivity index (χ1n) is 8.88. The number of benzene rings is 1. The first kappa shape index (κ1) is 17.9. The molecular formula is C20H19ClFN3O2. The lowest BCUT2D eigenvalue weighted by Gasteiger charge is -2.17. The molecule has 5 nitrogen and oxygen atoms in total. The Hall–Kier alpha value is -2.47. The molecule has 140 valence electrons. The second-order valence-corrected chi connectivity index (χ2v) is 7.40. The third-order valence-electron chi connectivity index (χ3n) is 4.81. The molecule has 0 bridgehead atoms. The number of nitrogens with zero attached hydrogens (tertiary/aromatic N) is 2. The van der Waals surface area contributed by atoms with E-state index in [-0.39, 0.29) is 28.0 Å². The SMILES string of the molecule is COC(=O)c1nc(C2CC2)nc(NC2(C=Cc3ccc(F)cc3)CC2)c1Cl. The molecule has 0 spiro atoms. The molecule has 0 radical (unpaired) electrons. The topological polar surface area (TPSA) is 64.1 Å². The Bertz CT molecular complexity index is 906. The van der Waals surface area contributed by atoms with E-state index in [1.807, 2.05) is 12.2 Å². The zero-order valence-corrected chi connectivity index (χ0v) is 15.6. The number of ether oxygens (including phenoxy) is 1. The number of halogens is 2. The number of nitrogens with one attached hydrogen (secondary N) is 1. The van der Waals surface area contributed by atoms with Crippen LogP contribution in [0.25, 0.3) is 6.08 Å². The van der Waals surface area contributed by atoms with Crippen LogP contribution in [0.2, 0.25) is 5.02 Å². The molecule has 1 aromatic heterocycles. The van der Waals surface area contributed by atoms with Gasteiger partial charge in [-0.3, -0.25) is 0 Å². The molecule has 0 atom stereocenters. The quantitative estimate of drug-likeness (QED) is 0.734. The number of anilines is 1. The molecule has 0 unspecified atom stereocenters. The molecule has 2 aromatic rings. The third kappa shape index (κ3) is 3.95. The maximum atomic E-state index is 13.0. The number of carbonyl (C=O) groups is 1. The van der Waals surface area contributed by atoms with Crippen LogP contribution in [0, 0.1) is 5.82 Å². The van der Waals surface area contributed by atoms with Crippen molar-refractivity contribution in [1.82, 2.24) is 9.97 Å². The van der Waals surface area contributed by atoms with Crippen molar-refractivity contribution in [2.75, 3.05) is 12.4 Å². The van der Waals surface area contributed by atoms with E-state index in [1.165, 1.54) is 19.2 Å². The number of rotatable bonds is 6. The maximum Gasteiger partial charge on any atom is 0.358 e. The van der Waals surface area contributed by atoms with Crippen LogP contribution in [-0.2, 0) is 4.74 Å². The van der Waals surface area contributed by atoms with Crippen LogP contribution in [0.3, 0.4) is 0 Å². The van der Waals surface area contributed by atoms with Crippen molar-refractivity contribution in [3.63, 3.8) is 0 Å². The summed E-state index contributed by atoms with van der Waals surface area (Å²) in [5.74, 6) is 0.521. The summed E-state index contributed by atoms with van der Waals surface area (Å²) in [5.41, 5.74) is 0.727. The minimum Gasteiger partial charge on any atom is -0.464 e. The molecule has 1 heterocycles.